The van der Waals surface area contributed by atoms with Gasteiger partial charge >= 0.3 is 6.09 Å². The molecular formula is C13H24N2O2. The van der Waals surface area contributed by atoms with Crippen LogP contribution in [0, 0.1) is 5.41 Å². The van der Waals surface area contributed by atoms with Gasteiger partial charge in [-0.2, -0.15) is 0 Å². The van der Waals surface area contributed by atoms with Crippen LogP contribution in [-0.2, 0) is 4.74 Å². The summed E-state index contributed by atoms with van der Waals surface area (Å²) in [5.74, 6) is 0. The molecule has 0 radical (unpaired) electrons. The lowest BCUT2D eigenvalue weighted by Gasteiger charge is -2.46. The predicted molar refractivity (Wildman–Crippen MR) is 66.9 cm³/mol. The highest BCUT2D eigenvalue weighted by atomic mass is 16.6. The first kappa shape index (κ1) is 12.7. The highest BCUT2D eigenvalue weighted by molar-refractivity contribution is 5.67. The van der Waals surface area contributed by atoms with Gasteiger partial charge < -0.3 is 15.4 Å². The average molecular weight is 240 g/mol. The van der Waals surface area contributed by atoms with Gasteiger partial charge in [0.2, 0.25) is 0 Å². The molecule has 0 atom stereocenters. The van der Waals surface area contributed by atoms with E-state index in [4.69, 9.17) is 4.74 Å². The maximum Gasteiger partial charge on any atom is 0.407 e. The van der Waals surface area contributed by atoms with E-state index in [-0.39, 0.29) is 11.6 Å². The maximum absolute atomic E-state index is 11.6. The zero-order valence-corrected chi connectivity index (χ0v) is 11.4. The number of carbonyl (C=O) groups excluding carboxylic acids is 1. The quantitative estimate of drug-likeness (QED) is 0.793. The van der Waals surface area contributed by atoms with Crippen molar-refractivity contribution in [2.45, 2.75) is 58.1 Å². The molecular weight excluding hydrogens is 216 g/mol. The molecule has 1 saturated carbocycles. The molecule has 1 aliphatic carbocycles. The summed E-state index contributed by atoms with van der Waals surface area (Å²) in [5, 5.41) is 6.42. The molecule has 2 aliphatic heterocycles. The van der Waals surface area contributed by atoms with E-state index in [0.29, 0.717) is 12.0 Å². The van der Waals surface area contributed by atoms with E-state index >= 15 is 0 Å². The van der Waals surface area contributed by atoms with Crippen LogP contribution in [-0.4, -0.2) is 30.3 Å². The van der Waals surface area contributed by atoms with E-state index in [1.54, 1.807) is 0 Å². The summed E-state index contributed by atoms with van der Waals surface area (Å²) < 4.78 is 5.23. The minimum Gasteiger partial charge on any atom is -0.444 e. The first-order chi connectivity index (χ1) is 7.78. The summed E-state index contributed by atoms with van der Waals surface area (Å²) in [6, 6.07) is 0. The van der Waals surface area contributed by atoms with Crippen molar-refractivity contribution in [2.75, 3.05) is 13.1 Å². The summed E-state index contributed by atoms with van der Waals surface area (Å²) in [6.45, 7) is 9.67. The zero-order chi connectivity index (χ0) is 12.7. The SMILES string of the molecule is CCC12CNC(CNC(=O)OC(C)(C)C)(C1)C2. The van der Waals surface area contributed by atoms with Crippen LogP contribution < -0.4 is 10.6 Å². The Hall–Kier alpha value is -0.770. The number of hydrogen-bond donors (Lipinski definition) is 2. The second-order valence-corrected chi connectivity index (χ2v) is 6.70. The third kappa shape index (κ3) is 2.57. The molecule has 2 N–H and O–H groups in total. The van der Waals surface area contributed by atoms with Gasteiger partial charge in [-0.25, -0.2) is 4.79 Å². The molecule has 4 nitrogen and oxygen atoms in total. The normalized spacial score (nSPS) is 35.3. The van der Waals surface area contributed by atoms with Crippen LogP contribution in [0.5, 0.6) is 0 Å². The molecule has 0 aromatic rings. The molecule has 2 saturated heterocycles. The molecule has 0 aromatic carbocycles. The summed E-state index contributed by atoms with van der Waals surface area (Å²) in [5.41, 5.74) is 0.236. The molecule has 17 heavy (non-hydrogen) atoms. The van der Waals surface area contributed by atoms with Gasteiger partial charge in [0.15, 0.2) is 0 Å². The van der Waals surface area contributed by atoms with Crippen LogP contribution in [0.2, 0.25) is 0 Å². The molecule has 3 aliphatic rings. The Morgan fingerprint density at radius 2 is 2.06 bits per heavy atom. The minimum absolute atomic E-state index is 0.146. The molecule has 1 amide bonds. The Morgan fingerprint density at radius 1 is 1.41 bits per heavy atom. The van der Waals surface area contributed by atoms with E-state index < -0.39 is 5.60 Å². The molecule has 2 heterocycles. The van der Waals surface area contributed by atoms with Gasteiger partial charge in [0, 0.05) is 18.6 Å². The number of hydrogen-bond acceptors (Lipinski definition) is 3. The van der Waals surface area contributed by atoms with Gasteiger partial charge in [-0.3, -0.25) is 0 Å². The zero-order valence-electron chi connectivity index (χ0n) is 11.4. The fourth-order valence-electron chi connectivity index (χ4n) is 3.13. The van der Waals surface area contributed by atoms with E-state index in [1.807, 2.05) is 20.8 Å². The van der Waals surface area contributed by atoms with Crippen LogP contribution in [0.4, 0.5) is 4.79 Å². The number of ether oxygens (including phenoxy) is 1. The Morgan fingerprint density at radius 3 is 2.53 bits per heavy atom. The highest BCUT2D eigenvalue weighted by Gasteiger charge is 2.59. The molecule has 0 spiro atoms. The molecule has 0 unspecified atom stereocenters. The van der Waals surface area contributed by atoms with Crippen LogP contribution >= 0.6 is 0 Å². The molecule has 2 bridgehead atoms. The van der Waals surface area contributed by atoms with Crippen molar-refractivity contribution in [3.05, 3.63) is 0 Å². The standard InChI is InChI=1S/C13H24N2O2/c1-5-12-6-13(7-12,15-8-12)9-14-10(16)17-11(2,3)4/h15H,5-9H2,1-4H3,(H,14,16). The highest BCUT2D eigenvalue weighted by Crippen LogP contribution is 2.55. The van der Waals surface area contributed by atoms with E-state index in [9.17, 15) is 4.79 Å². The Bertz CT molecular complexity index is 314. The number of fused-ring (bicyclic) bond motifs is 1. The Labute approximate surface area is 103 Å². The molecule has 3 fully saturated rings. The molecule has 98 valence electrons. The van der Waals surface area contributed by atoms with Crippen molar-refractivity contribution < 1.29 is 9.53 Å². The first-order valence-corrected chi connectivity index (χ1v) is 6.50. The Kier molecular flexibility index (Phi) is 2.89. The number of carbonyl (C=O) groups is 1. The Balaban J connectivity index is 1.76. The fourth-order valence-corrected chi connectivity index (χ4v) is 3.13. The second-order valence-electron chi connectivity index (χ2n) is 6.70. The lowest BCUT2D eigenvalue weighted by Crippen LogP contribution is -2.55. The first-order valence-electron chi connectivity index (χ1n) is 6.50. The van der Waals surface area contributed by atoms with Gasteiger partial charge in [0.25, 0.3) is 0 Å². The number of nitrogens with one attached hydrogen (secondary N) is 2. The van der Waals surface area contributed by atoms with Crippen LogP contribution in [0.25, 0.3) is 0 Å². The summed E-state index contributed by atoms with van der Waals surface area (Å²) in [6.07, 6.45) is 3.29. The van der Waals surface area contributed by atoms with Crippen molar-refractivity contribution in [1.29, 1.82) is 0 Å². The second kappa shape index (κ2) is 3.87. The van der Waals surface area contributed by atoms with Crippen molar-refractivity contribution in [1.82, 2.24) is 10.6 Å². The topological polar surface area (TPSA) is 50.4 Å². The van der Waals surface area contributed by atoms with Crippen molar-refractivity contribution in [3.8, 4) is 0 Å². The predicted octanol–water partition coefficient (Wildman–Crippen LogP) is 2.04. The van der Waals surface area contributed by atoms with Crippen LogP contribution in [0.15, 0.2) is 0 Å². The van der Waals surface area contributed by atoms with E-state index in [0.717, 1.165) is 6.54 Å². The average Bonchev–Trinajstić information content (AvgIpc) is 2.67. The van der Waals surface area contributed by atoms with Gasteiger partial charge in [0.05, 0.1) is 0 Å². The monoisotopic (exact) mass is 240 g/mol. The third-order valence-corrected chi connectivity index (χ3v) is 3.99. The number of alkyl carbamates (subject to hydrolysis) is 1. The largest absolute Gasteiger partial charge is 0.444 e. The van der Waals surface area contributed by atoms with Gasteiger partial charge in [0.1, 0.15) is 5.60 Å². The van der Waals surface area contributed by atoms with Crippen molar-refractivity contribution in [3.63, 3.8) is 0 Å². The maximum atomic E-state index is 11.6. The fraction of sp³-hybridized carbons (Fsp3) is 0.923. The van der Waals surface area contributed by atoms with Crippen LogP contribution in [0.3, 0.4) is 0 Å². The lowest BCUT2D eigenvalue weighted by molar-refractivity contribution is 0.0461. The minimum atomic E-state index is -0.419. The van der Waals surface area contributed by atoms with Crippen LogP contribution in [0.1, 0.15) is 47.0 Å². The van der Waals surface area contributed by atoms with Gasteiger partial charge in [-0.1, -0.05) is 6.92 Å². The summed E-state index contributed by atoms with van der Waals surface area (Å²) >= 11 is 0. The van der Waals surface area contributed by atoms with Crippen molar-refractivity contribution >= 4 is 6.09 Å². The molecule has 0 aromatic heterocycles. The molecule has 3 rings (SSSR count). The lowest BCUT2D eigenvalue weighted by atomic mass is 9.61. The van der Waals surface area contributed by atoms with E-state index in [2.05, 4.69) is 17.6 Å². The van der Waals surface area contributed by atoms with Crippen molar-refractivity contribution in [2.24, 2.45) is 5.41 Å². The number of amides is 1. The summed E-state index contributed by atoms with van der Waals surface area (Å²) in [4.78, 5) is 11.6. The third-order valence-electron chi connectivity index (χ3n) is 3.99. The van der Waals surface area contributed by atoms with Gasteiger partial charge in [-0.05, 0) is 45.4 Å². The van der Waals surface area contributed by atoms with E-state index in [1.165, 1.54) is 19.3 Å². The van der Waals surface area contributed by atoms with Gasteiger partial charge in [-0.15, -0.1) is 0 Å². The smallest absolute Gasteiger partial charge is 0.407 e. The molecule has 4 heteroatoms. The number of rotatable bonds is 3. The summed E-state index contributed by atoms with van der Waals surface area (Å²) in [7, 11) is 0.